The molecule has 0 saturated heterocycles. The van der Waals surface area contributed by atoms with Crippen LogP contribution in [0.15, 0.2) is 42.5 Å². The van der Waals surface area contributed by atoms with Crippen LogP contribution in [-0.2, 0) is 17.6 Å². The maximum atomic E-state index is 12.2. The highest BCUT2D eigenvalue weighted by Crippen LogP contribution is 2.22. The molecule has 2 aromatic rings. The van der Waals surface area contributed by atoms with Crippen molar-refractivity contribution in [3.63, 3.8) is 0 Å². The highest BCUT2D eigenvalue weighted by Gasteiger charge is 2.10. The first-order valence-electron chi connectivity index (χ1n) is 7.71. The molecule has 4 heteroatoms. The Hall–Kier alpha value is -2.80. The Labute approximate surface area is 136 Å². The Bertz CT molecular complexity index is 693. The average Bonchev–Trinajstić information content (AvgIpc) is 2.60. The first-order valence-corrected chi connectivity index (χ1v) is 7.71. The first-order chi connectivity index (χ1) is 11.2. The summed E-state index contributed by atoms with van der Waals surface area (Å²) in [4.78, 5) is 12.2. The molecule has 23 heavy (non-hydrogen) atoms. The summed E-state index contributed by atoms with van der Waals surface area (Å²) in [5, 5.41) is 11.7. The summed E-state index contributed by atoms with van der Waals surface area (Å²) in [6.45, 7) is 4.07. The van der Waals surface area contributed by atoms with E-state index in [0.717, 1.165) is 29.7 Å². The molecule has 118 valence electrons. The first kappa shape index (κ1) is 16.6. The van der Waals surface area contributed by atoms with Crippen LogP contribution >= 0.6 is 0 Å². The standard InChI is InChI=1S/C19H20N2O2/c1-3-15-6-5-7-16(4-2)19(15)21-18(22)13-23-17-10-8-14(12-20)9-11-17/h5-11H,3-4,13H2,1-2H3,(H,21,22). The number of nitriles is 1. The van der Waals surface area contributed by atoms with Crippen molar-refractivity contribution < 1.29 is 9.53 Å². The molecule has 2 rings (SSSR count). The van der Waals surface area contributed by atoms with Crippen LogP contribution in [0.2, 0.25) is 0 Å². The van der Waals surface area contributed by atoms with E-state index in [-0.39, 0.29) is 12.5 Å². The van der Waals surface area contributed by atoms with E-state index in [1.807, 2.05) is 24.3 Å². The maximum absolute atomic E-state index is 12.2. The van der Waals surface area contributed by atoms with Crippen molar-refractivity contribution in [2.24, 2.45) is 0 Å². The van der Waals surface area contributed by atoms with Gasteiger partial charge < -0.3 is 10.1 Å². The normalized spacial score (nSPS) is 9.96. The molecular formula is C19H20N2O2. The van der Waals surface area contributed by atoms with Gasteiger partial charge in [0.05, 0.1) is 11.6 Å². The second kappa shape index (κ2) is 8.00. The van der Waals surface area contributed by atoms with Crippen LogP contribution in [0.4, 0.5) is 5.69 Å². The molecule has 0 fully saturated rings. The topological polar surface area (TPSA) is 62.1 Å². The van der Waals surface area contributed by atoms with Gasteiger partial charge in [0.1, 0.15) is 5.75 Å². The minimum atomic E-state index is -0.190. The Kier molecular flexibility index (Phi) is 5.76. The molecule has 0 aliphatic rings. The lowest BCUT2D eigenvalue weighted by Crippen LogP contribution is -2.21. The molecule has 0 aliphatic heterocycles. The molecular weight excluding hydrogens is 288 g/mol. The fraction of sp³-hybridized carbons (Fsp3) is 0.263. The SMILES string of the molecule is CCc1cccc(CC)c1NC(=O)COc1ccc(C#N)cc1. The number of ether oxygens (including phenoxy) is 1. The van der Waals surface area contributed by atoms with Gasteiger partial charge in [-0.1, -0.05) is 32.0 Å². The zero-order valence-electron chi connectivity index (χ0n) is 13.4. The fourth-order valence-electron chi connectivity index (χ4n) is 2.35. The maximum Gasteiger partial charge on any atom is 0.262 e. The second-order valence-corrected chi connectivity index (χ2v) is 5.13. The molecule has 0 unspecified atom stereocenters. The molecule has 0 aromatic heterocycles. The number of hydrogen-bond acceptors (Lipinski definition) is 3. The van der Waals surface area contributed by atoms with Crippen molar-refractivity contribution in [1.29, 1.82) is 5.26 Å². The molecule has 0 heterocycles. The van der Waals surface area contributed by atoms with Gasteiger partial charge >= 0.3 is 0 Å². The van der Waals surface area contributed by atoms with Gasteiger partial charge in [-0.05, 0) is 48.2 Å². The van der Waals surface area contributed by atoms with E-state index >= 15 is 0 Å². The van der Waals surface area contributed by atoms with Crippen molar-refractivity contribution in [1.82, 2.24) is 0 Å². The van der Waals surface area contributed by atoms with Gasteiger partial charge in [-0.2, -0.15) is 5.26 Å². The minimum absolute atomic E-state index is 0.0624. The summed E-state index contributed by atoms with van der Waals surface area (Å²) in [7, 11) is 0. The quantitative estimate of drug-likeness (QED) is 0.885. The van der Waals surface area contributed by atoms with Crippen molar-refractivity contribution in [3.8, 4) is 11.8 Å². The van der Waals surface area contributed by atoms with E-state index in [1.54, 1.807) is 24.3 Å². The number of carbonyl (C=O) groups excluding carboxylic acids is 1. The molecule has 0 spiro atoms. The van der Waals surface area contributed by atoms with Crippen LogP contribution in [-0.4, -0.2) is 12.5 Å². The van der Waals surface area contributed by atoms with Crippen LogP contribution in [0.25, 0.3) is 0 Å². The summed E-state index contributed by atoms with van der Waals surface area (Å²) < 4.78 is 5.47. The summed E-state index contributed by atoms with van der Waals surface area (Å²) in [5.41, 5.74) is 3.70. The molecule has 0 aliphatic carbocycles. The number of hydrogen-bond donors (Lipinski definition) is 1. The van der Waals surface area contributed by atoms with Gasteiger partial charge in [-0.3, -0.25) is 4.79 Å². The third-order valence-electron chi connectivity index (χ3n) is 3.62. The van der Waals surface area contributed by atoms with Crippen molar-refractivity contribution in [3.05, 3.63) is 59.2 Å². The van der Waals surface area contributed by atoms with Crippen molar-refractivity contribution in [2.75, 3.05) is 11.9 Å². The van der Waals surface area contributed by atoms with Crippen LogP contribution in [0, 0.1) is 11.3 Å². The van der Waals surface area contributed by atoms with E-state index in [1.165, 1.54) is 0 Å². The zero-order valence-corrected chi connectivity index (χ0v) is 13.4. The Morgan fingerprint density at radius 1 is 1.09 bits per heavy atom. The Morgan fingerprint density at radius 2 is 1.70 bits per heavy atom. The number of benzene rings is 2. The summed E-state index contributed by atoms with van der Waals surface area (Å²) >= 11 is 0. The van der Waals surface area contributed by atoms with E-state index in [2.05, 4.69) is 19.2 Å². The number of anilines is 1. The molecule has 1 amide bonds. The van der Waals surface area contributed by atoms with E-state index in [0.29, 0.717) is 11.3 Å². The van der Waals surface area contributed by atoms with E-state index in [4.69, 9.17) is 10.00 Å². The number of nitrogens with zero attached hydrogens (tertiary/aromatic N) is 1. The summed E-state index contributed by atoms with van der Waals surface area (Å²) in [6.07, 6.45) is 1.72. The van der Waals surface area contributed by atoms with Gasteiger partial charge in [0.15, 0.2) is 6.61 Å². The lowest BCUT2D eigenvalue weighted by atomic mass is 10.0. The highest BCUT2D eigenvalue weighted by atomic mass is 16.5. The van der Waals surface area contributed by atoms with E-state index in [9.17, 15) is 4.79 Å². The van der Waals surface area contributed by atoms with Crippen LogP contribution < -0.4 is 10.1 Å². The van der Waals surface area contributed by atoms with Crippen molar-refractivity contribution in [2.45, 2.75) is 26.7 Å². The van der Waals surface area contributed by atoms with Crippen molar-refractivity contribution >= 4 is 11.6 Å². The van der Waals surface area contributed by atoms with Crippen LogP contribution in [0.1, 0.15) is 30.5 Å². The Balaban J connectivity index is 2.01. The number of para-hydroxylation sites is 1. The predicted octanol–water partition coefficient (Wildman–Crippen LogP) is 3.70. The van der Waals surface area contributed by atoms with Crippen LogP contribution in [0.5, 0.6) is 5.75 Å². The smallest absolute Gasteiger partial charge is 0.262 e. The monoisotopic (exact) mass is 308 g/mol. The number of amides is 1. The third-order valence-corrected chi connectivity index (χ3v) is 3.62. The molecule has 0 radical (unpaired) electrons. The molecule has 4 nitrogen and oxygen atoms in total. The number of rotatable bonds is 6. The minimum Gasteiger partial charge on any atom is -0.484 e. The number of nitrogens with one attached hydrogen (secondary N) is 1. The molecule has 1 N–H and O–H groups in total. The lowest BCUT2D eigenvalue weighted by Gasteiger charge is -2.14. The van der Waals surface area contributed by atoms with Crippen LogP contribution in [0.3, 0.4) is 0 Å². The number of aryl methyl sites for hydroxylation is 2. The lowest BCUT2D eigenvalue weighted by molar-refractivity contribution is -0.118. The Morgan fingerprint density at radius 3 is 2.22 bits per heavy atom. The zero-order chi connectivity index (χ0) is 16.7. The third kappa shape index (κ3) is 4.33. The second-order valence-electron chi connectivity index (χ2n) is 5.13. The molecule has 0 saturated carbocycles. The summed E-state index contributed by atoms with van der Waals surface area (Å²) in [6, 6.07) is 14.8. The summed E-state index contributed by atoms with van der Waals surface area (Å²) in [5.74, 6) is 0.378. The largest absolute Gasteiger partial charge is 0.484 e. The predicted molar refractivity (Wildman–Crippen MR) is 90.5 cm³/mol. The molecule has 0 atom stereocenters. The molecule has 2 aromatic carbocycles. The van der Waals surface area contributed by atoms with E-state index < -0.39 is 0 Å². The van der Waals surface area contributed by atoms with Gasteiger partial charge in [-0.15, -0.1) is 0 Å². The van der Waals surface area contributed by atoms with Gasteiger partial charge in [-0.25, -0.2) is 0 Å². The van der Waals surface area contributed by atoms with Gasteiger partial charge in [0, 0.05) is 5.69 Å². The van der Waals surface area contributed by atoms with Gasteiger partial charge in [0.25, 0.3) is 5.91 Å². The number of carbonyl (C=O) groups is 1. The molecule has 0 bridgehead atoms. The highest BCUT2D eigenvalue weighted by molar-refractivity contribution is 5.93. The fourth-order valence-corrected chi connectivity index (χ4v) is 2.35. The van der Waals surface area contributed by atoms with Gasteiger partial charge in [0.2, 0.25) is 0 Å². The average molecular weight is 308 g/mol.